The topological polar surface area (TPSA) is 22.0 Å². The number of furan rings is 1. The first-order valence-corrected chi connectivity index (χ1v) is 14.8. The van der Waals surface area contributed by atoms with Gasteiger partial charge in [-0.1, -0.05) is 103 Å². The van der Waals surface area contributed by atoms with E-state index in [-0.39, 0.29) is 0 Å². The average molecular weight is 547 g/mol. The summed E-state index contributed by atoms with van der Waals surface area (Å²) in [4.78, 5) is 0. The van der Waals surface area contributed by atoms with Crippen molar-refractivity contribution in [1.29, 1.82) is 0 Å². The van der Waals surface area contributed by atoms with Gasteiger partial charge in [-0.2, -0.15) is 0 Å². The second-order valence-electron chi connectivity index (χ2n) is 11.7. The fraction of sp³-hybridized carbons (Fsp3) is 0. The predicted octanol–water partition coefficient (Wildman–Crippen LogP) is 11.0. The number of benzene rings is 7. The molecule has 0 spiro atoms. The summed E-state index contributed by atoms with van der Waals surface area (Å²) in [5.41, 5.74) is 11.4. The van der Waals surface area contributed by atoms with Crippen LogP contribution in [-0.4, -0.2) is 8.80 Å². The first kappa shape index (κ1) is 21.9. The van der Waals surface area contributed by atoms with Crippen LogP contribution in [-0.2, 0) is 0 Å². The van der Waals surface area contributed by atoms with Crippen LogP contribution in [0.1, 0.15) is 0 Å². The van der Waals surface area contributed by atoms with Crippen LogP contribution in [0, 0.1) is 0 Å². The molecule has 0 saturated carbocycles. The molecular weight excluding hydrogens is 524 g/mol. The van der Waals surface area contributed by atoms with E-state index < -0.39 is 0 Å². The summed E-state index contributed by atoms with van der Waals surface area (Å²) >= 11 is 0. The van der Waals surface area contributed by atoms with Gasteiger partial charge in [-0.05, 0) is 41.3 Å². The Bertz CT molecular complexity index is 2950. The van der Waals surface area contributed by atoms with Crippen LogP contribution in [0.5, 0.6) is 0 Å². The molecule has 11 rings (SSSR count). The Hall–Kier alpha value is -5.80. The fourth-order valence-electron chi connectivity index (χ4n) is 7.85. The van der Waals surface area contributed by atoms with E-state index in [0.717, 1.165) is 33.1 Å². The molecule has 198 valence electrons. The number of aromatic nitrogens is 2. The molecule has 11 aromatic rings. The van der Waals surface area contributed by atoms with Gasteiger partial charge < -0.3 is 13.2 Å². The van der Waals surface area contributed by atoms with Gasteiger partial charge >= 0.3 is 0 Å². The van der Waals surface area contributed by atoms with Crippen molar-refractivity contribution in [2.24, 2.45) is 0 Å². The Morgan fingerprint density at radius 3 is 1.79 bits per heavy atom. The van der Waals surface area contributed by atoms with Crippen molar-refractivity contribution in [3.63, 3.8) is 0 Å². The molecule has 0 aliphatic carbocycles. The molecule has 43 heavy (non-hydrogen) atoms. The van der Waals surface area contributed by atoms with Gasteiger partial charge in [0.1, 0.15) is 11.2 Å². The summed E-state index contributed by atoms with van der Waals surface area (Å²) in [6, 6.07) is 48.6. The zero-order chi connectivity index (χ0) is 27.8. The van der Waals surface area contributed by atoms with E-state index in [9.17, 15) is 0 Å². The molecule has 7 aromatic carbocycles. The number of nitrogens with zero attached hydrogens (tertiary/aromatic N) is 2. The lowest BCUT2D eigenvalue weighted by molar-refractivity contribution is 0.670. The Morgan fingerprint density at radius 2 is 1.05 bits per heavy atom. The van der Waals surface area contributed by atoms with E-state index in [1.54, 1.807) is 0 Å². The number of para-hydroxylation sites is 4. The van der Waals surface area contributed by atoms with E-state index in [2.05, 4.69) is 136 Å². The quantitative estimate of drug-likeness (QED) is 0.201. The van der Waals surface area contributed by atoms with Gasteiger partial charge in [0.15, 0.2) is 0 Å². The molecule has 0 radical (unpaired) electrons. The minimum absolute atomic E-state index is 0.918. The first-order chi connectivity index (χ1) is 21.3. The van der Waals surface area contributed by atoms with Crippen LogP contribution >= 0.6 is 0 Å². The van der Waals surface area contributed by atoms with E-state index in [0.29, 0.717) is 0 Å². The van der Waals surface area contributed by atoms with Crippen molar-refractivity contribution in [2.75, 3.05) is 0 Å². The highest BCUT2D eigenvalue weighted by Crippen LogP contribution is 2.44. The monoisotopic (exact) mass is 546 g/mol. The van der Waals surface area contributed by atoms with Crippen molar-refractivity contribution < 1.29 is 4.42 Å². The number of hydrogen-bond donors (Lipinski definition) is 0. The van der Waals surface area contributed by atoms with Gasteiger partial charge in [0.2, 0.25) is 0 Å². The molecule has 0 N–H and O–H groups in total. The normalized spacial score (nSPS) is 12.7. The second kappa shape index (κ2) is 7.53. The third-order valence-electron chi connectivity index (χ3n) is 9.62. The van der Waals surface area contributed by atoms with Crippen molar-refractivity contribution in [2.45, 2.75) is 0 Å². The summed E-state index contributed by atoms with van der Waals surface area (Å²) in [6.45, 7) is 0. The van der Waals surface area contributed by atoms with Gasteiger partial charge in [0, 0.05) is 43.3 Å². The van der Waals surface area contributed by atoms with E-state index in [1.165, 1.54) is 65.4 Å². The van der Waals surface area contributed by atoms with E-state index in [1.807, 2.05) is 6.07 Å². The van der Waals surface area contributed by atoms with Crippen molar-refractivity contribution in [3.05, 3.63) is 133 Å². The Morgan fingerprint density at radius 1 is 0.419 bits per heavy atom. The van der Waals surface area contributed by atoms with Crippen molar-refractivity contribution in [3.8, 4) is 11.1 Å². The number of hydrogen-bond acceptors (Lipinski definition) is 1. The van der Waals surface area contributed by atoms with E-state index in [4.69, 9.17) is 4.42 Å². The Labute approximate surface area is 244 Å². The van der Waals surface area contributed by atoms with Crippen LogP contribution < -0.4 is 0 Å². The maximum Gasteiger partial charge on any atom is 0.143 e. The summed E-state index contributed by atoms with van der Waals surface area (Å²) in [6.07, 6.45) is 0. The molecule has 0 aliphatic rings. The summed E-state index contributed by atoms with van der Waals surface area (Å²) in [7, 11) is 0. The van der Waals surface area contributed by atoms with Crippen molar-refractivity contribution >= 4 is 87.4 Å². The average Bonchev–Trinajstić information content (AvgIpc) is 3.69. The predicted molar refractivity (Wildman–Crippen MR) is 180 cm³/mol. The van der Waals surface area contributed by atoms with Gasteiger partial charge in [0.05, 0.1) is 33.1 Å². The van der Waals surface area contributed by atoms with Gasteiger partial charge in [-0.25, -0.2) is 0 Å². The molecule has 0 unspecified atom stereocenters. The summed E-state index contributed by atoms with van der Waals surface area (Å²) < 4.78 is 11.5. The molecule has 4 aromatic heterocycles. The van der Waals surface area contributed by atoms with Crippen LogP contribution in [0.25, 0.3) is 98.5 Å². The van der Waals surface area contributed by atoms with E-state index >= 15 is 0 Å². The van der Waals surface area contributed by atoms with Crippen molar-refractivity contribution in [1.82, 2.24) is 8.80 Å². The molecule has 0 amide bonds. The van der Waals surface area contributed by atoms with Crippen LogP contribution in [0.2, 0.25) is 0 Å². The van der Waals surface area contributed by atoms with Gasteiger partial charge in [-0.3, -0.25) is 0 Å². The fourth-order valence-corrected chi connectivity index (χ4v) is 7.85. The molecule has 0 saturated heterocycles. The zero-order valence-corrected chi connectivity index (χ0v) is 23.0. The van der Waals surface area contributed by atoms with Gasteiger partial charge in [-0.15, -0.1) is 0 Å². The smallest absolute Gasteiger partial charge is 0.143 e. The molecule has 0 aliphatic heterocycles. The zero-order valence-electron chi connectivity index (χ0n) is 23.0. The molecule has 0 fully saturated rings. The lowest BCUT2D eigenvalue weighted by Gasteiger charge is -2.08. The largest absolute Gasteiger partial charge is 0.455 e. The SMILES string of the molecule is c1ccc2c(c1)oc1c(-c3ccc4c(c3)n3c5ccccc5c5ccc6ccc7c8ccccc8n4c7c6c53)cccc12. The Balaban J connectivity index is 1.42. The third-order valence-corrected chi connectivity index (χ3v) is 9.62. The highest BCUT2D eigenvalue weighted by Gasteiger charge is 2.22. The molecule has 4 heterocycles. The minimum Gasteiger partial charge on any atom is -0.455 e. The maximum absolute atomic E-state index is 6.50. The van der Waals surface area contributed by atoms with Crippen LogP contribution in [0.15, 0.2) is 138 Å². The van der Waals surface area contributed by atoms with Gasteiger partial charge in [0.25, 0.3) is 0 Å². The minimum atomic E-state index is 0.918. The van der Waals surface area contributed by atoms with Crippen LogP contribution in [0.4, 0.5) is 0 Å². The standard InChI is InChI=1S/C40H22N2O/c1-4-13-32-26(8-1)29-19-16-23-17-20-30-27-9-2-5-14-33(27)42-35-22-24(18-21-34(35)41(32)38(29)37(23)39(30)42)25-11-7-12-31-28-10-3-6-15-36(28)43-40(25)31/h1-22H. The summed E-state index contributed by atoms with van der Waals surface area (Å²) in [5.74, 6) is 0. The molecule has 0 atom stereocenters. The maximum atomic E-state index is 6.50. The summed E-state index contributed by atoms with van der Waals surface area (Å²) in [5, 5.41) is 9.98. The Kier molecular flexibility index (Phi) is 3.83. The lowest BCUT2D eigenvalue weighted by Crippen LogP contribution is -1.90. The third kappa shape index (κ3) is 2.58. The first-order valence-electron chi connectivity index (χ1n) is 14.8. The number of rotatable bonds is 1. The van der Waals surface area contributed by atoms with Crippen LogP contribution in [0.3, 0.4) is 0 Å². The lowest BCUT2D eigenvalue weighted by atomic mass is 10.0. The molecular formula is C40H22N2O. The highest BCUT2D eigenvalue weighted by atomic mass is 16.3. The highest BCUT2D eigenvalue weighted by molar-refractivity contribution is 6.29. The number of fused-ring (bicyclic) bond motifs is 12. The molecule has 0 bridgehead atoms. The second-order valence-corrected chi connectivity index (χ2v) is 11.7. The molecule has 3 nitrogen and oxygen atoms in total. The molecule has 3 heteroatoms.